The Balaban J connectivity index is 2.64. The summed E-state index contributed by atoms with van der Waals surface area (Å²) in [4.78, 5) is 23.8. The zero-order valence-electron chi connectivity index (χ0n) is 9.75. The third kappa shape index (κ3) is 2.94. The molecule has 4 heteroatoms. The Hall–Kier alpha value is -1.06. The van der Waals surface area contributed by atoms with Crippen LogP contribution in [-0.4, -0.2) is 29.8 Å². The number of piperidine rings is 1. The molecule has 0 aromatic heterocycles. The molecule has 1 unspecified atom stereocenters. The summed E-state index contributed by atoms with van der Waals surface area (Å²) in [6, 6.07) is 0. The van der Waals surface area contributed by atoms with Gasteiger partial charge in [0.1, 0.15) is 0 Å². The van der Waals surface area contributed by atoms with E-state index in [2.05, 4.69) is 20.8 Å². The molecule has 1 heterocycles. The highest BCUT2D eigenvalue weighted by molar-refractivity contribution is 6.34. The second-order valence-electron chi connectivity index (χ2n) is 5.32. The second-order valence-corrected chi connectivity index (χ2v) is 5.32. The molecule has 2 amide bonds. The molecule has 1 rings (SSSR count). The van der Waals surface area contributed by atoms with Gasteiger partial charge in [0.2, 0.25) is 0 Å². The van der Waals surface area contributed by atoms with Gasteiger partial charge in [-0.1, -0.05) is 20.8 Å². The van der Waals surface area contributed by atoms with E-state index in [9.17, 15) is 9.59 Å². The lowest BCUT2D eigenvalue weighted by Gasteiger charge is -2.39. The number of likely N-dealkylation sites (tertiary alicyclic amines) is 1. The van der Waals surface area contributed by atoms with Gasteiger partial charge in [0.05, 0.1) is 0 Å². The molecule has 1 aliphatic heterocycles. The molecule has 0 aliphatic carbocycles. The van der Waals surface area contributed by atoms with Crippen LogP contribution in [0.25, 0.3) is 0 Å². The highest BCUT2D eigenvalue weighted by Gasteiger charge is 2.32. The van der Waals surface area contributed by atoms with E-state index in [1.807, 2.05) is 0 Å². The van der Waals surface area contributed by atoms with Crippen LogP contribution in [0.1, 0.15) is 33.6 Å². The maximum atomic E-state index is 11.4. The summed E-state index contributed by atoms with van der Waals surface area (Å²) in [6.45, 7) is 7.81. The molecule has 86 valence electrons. The fraction of sp³-hybridized carbons (Fsp3) is 0.818. The van der Waals surface area contributed by atoms with Crippen LogP contribution in [0.4, 0.5) is 0 Å². The number of hydrogen-bond donors (Lipinski definition) is 1. The number of rotatable bonds is 0. The van der Waals surface area contributed by atoms with E-state index in [-0.39, 0.29) is 5.41 Å². The van der Waals surface area contributed by atoms with Crippen molar-refractivity contribution in [2.75, 3.05) is 13.1 Å². The summed E-state index contributed by atoms with van der Waals surface area (Å²) in [5, 5.41) is 0. The van der Waals surface area contributed by atoms with Crippen LogP contribution in [0.15, 0.2) is 0 Å². The Bertz CT molecular complexity index is 268. The van der Waals surface area contributed by atoms with Gasteiger partial charge in [-0.3, -0.25) is 9.59 Å². The number of carbonyl (C=O) groups excluding carboxylic acids is 2. The SMILES string of the molecule is CC(C)(C)C1CCCN(C(=O)C(N)=O)C1. The van der Waals surface area contributed by atoms with Crippen molar-refractivity contribution in [3.63, 3.8) is 0 Å². The van der Waals surface area contributed by atoms with Crippen molar-refractivity contribution in [1.82, 2.24) is 4.90 Å². The Morgan fingerprint density at radius 1 is 1.33 bits per heavy atom. The topological polar surface area (TPSA) is 63.4 Å². The van der Waals surface area contributed by atoms with E-state index < -0.39 is 11.8 Å². The fourth-order valence-corrected chi connectivity index (χ4v) is 2.02. The Kier molecular flexibility index (Phi) is 3.37. The quantitative estimate of drug-likeness (QED) is 0.602. The van der Waals surface area contributed by atoms with E-state index >= 15 is 0 Å². The number of primary amides is 1. The number of hydrogen-bond acceptors (Lipinski definition) is 2. The van der Waals surface area contributed by atoms with Crippen molar-refractivity contribution in [3.05, 3.63) is 0 Å². The lowest BCUT2D eigenvalue weighted by molar-refractivity contribution is -0.145. The summed E-state index contributed by atoms with van der Waals surface area (Å²) in [5.41, 5.74) is 5.17. The molecule has 1 fully saturated rings. The van der Waals surface area contributed by atoms with Crippen LogP contribution < -0.4 is 5.73 Å². The molecule has 0 spiro atoms. The summed E-state index contributed by atoms with van der Waals surface area (Å²) >= 11 is 0. The standard InChI is InChI=1S/C11H20N2O2/c1-11(2,3)8-5-4-6-13(7-8)10(15)9(12)14/h8H,4-7H2,1-3H3,(H2,12,14). The third-order valence-corrected chi connectivity index (χ3v) is 3.14. The van der Waals surface area contributed by atoms with E-state index in [1.54, 1.807) is 4.90 Å². The average molecular weight is 212 g/mol. The van der Waals surface area contributed by atoms with Gasteiger partial charge in [-0.15, -0.1) is 0 Å². The van der Waals surface area contributed by atoms with Crippen molar-refractivity contribution < 1.29 is 9.59 Å². The largest absolute Gasteiger partial charge is 0.361 e. The van der Waals surface area contributed by atoms with Crippen molar-refractivity contribution in [2.45, 2.75) is 33.6 Å². The summed E-state index contributed by atoms with van der Waals surface area (Å²) in [7, 11) is 0. The Morgan fingerprint density at radius 3 is 2.40 bits per heavy atom. The predicted molar refractivity (Wildman–Crippen MR) is 58.0 cm³/mol. The van der Waals surface area contributed by atoms with Crippen molar-refractivity contribution in [2.24, 2.45) is 17.1 Å². The molecule has 0 bridgehead atoms. The van der Waals surface area contributed by atoms with Crippen molar-refractivity contribution in [1.29, 1.82) is 0 Å². The molecule has 0 radical (unpaired) electrons. The molecule has 4 nitrogen and oxygen atoms in total. The number of nitrogens with two attached hydrogens (primary N) is 1. The van der Waals surface area contributed by atoms with Gasteiger partial charge < -0.3 is 10.6 Å². The number of nitrogens with zero attached hydrogens (tertiary/aromatic N) is 1. The van der Waals surface area contributed by atoms with Crippen molar-refractivity contribution >= 4 is 11.8 Å². The minimum atomic E-state index is -0.843. The Labute approximate surface area is 90.8 Å². The van der Waals surface area contributed by atoms with Gasteiger partial charge >= 0.3 is 11.8 Å². The smallest absolute Gasteiger partial charge is 0.311 e. The summed E-state index contributed by atoms with van der Waals surface area (Å²) < 4.78 is 0. The number of amides is 2. The van der Waals surface area contributed by atoms with Crippen LogP contribution in [0.3, 0.4) is 0 Å². The molecule has 2 N–H and O–H groups in total. The Morgan fingerprint density at radius 2 is 1.93 bits per heavy atom. The highest BCUT2D eigenvalue weighted by atomic mass is 16.2. The molecule has 1 aliphatic rings. The zero-order chi connectivity index (χ0) is 11.6. The van der Waals surface area contributed by atoms with Crippen LogP contribution in [0, 0.1) is 11.3 Å². The molecule has 15 heavy (non-hydrogen) atoms. The average Bonchev–Trinajstić information content (AvgIpc) is 2.15. The van der Waals surface area contributed by atoms with Crippen LogP contribution in [0.2, 0.25) is 0 Å². The van der Waals surface area contributed by atoms with Gasteiger partial charge in [-0.05, 0) is 24.2 Å². The predicted octanol–water partition coefficient (Wildman–Crippen LogP) is 0.756. The van der Waals surface area contributed by atoms with Gasteiger partial charge in [0.25, 0.3) is 0 Å². The number of carbonyl (C=O) groups is 2. The first-order valence-electron chi connectivity index (χ1n) is 5.41. The van der Waals surface area contributed by atoms with E-state index in [0.29, 0.717) is 19.0 Å². The third-order valence-electron chi connectivity index (χ3n) is 3.14. The van der Waals surface area contributed by atoms with E-state index in [4.69, 9.17) is 5.73 Å². The first kappa shape index (κ1) is 12.0. The van der Waals surface area contributed by atoms with Gasteiger partial charge in [-0.25, -0.2) is 0 Å². The minimum absolute atomic E-state index is 0.177. The normalized spacial score (nSPS) is 22.6. The molecular formula is C11H20N2O2. The van der Waals surface area contributed by atoms with E-state index in [0.717, 1.165) is 12.8 Å². The summed E-state index contributed by atoms with van der Waals surface area (Å²) in [5.74, 6) is -0.928. The highest BCUT2D eigenvalue weighted by Crippen LogP contribution is 2.33. The van der Waals surface area contributed by atoms with Crippen LogP contribution in [-0.2, 0) is 9.59 Å². The molecule has 1 atom stereocenters. The monoisotopic (exact) mass is 212 g/mol. The lowest BCUT2D eigenvalue weighted by atomic mass is 9.76. The first-order valence-corrected chi connectivity index (χ1v) is 5.41. The molecule has 0 saturated carbocycles. The first-order chi connectivity index (χ1) is 6.82. The van der Waals surface area contributed by atoms with Crippen LogP contribution >= 0.6 is 0 Å². The van der Waals surface area contributed by atoms with Crippen LogP contribution in [0.5, 0.6) is 0 Å². The minimum Gasteiger partial charge on any atom is -0.361 e. The molecule has 0 aromatic carbocycles. The molecular weight excluding hydrogens is 192 g/mol. The second kappa shape index (κ2) is 4.21. The van der Waals surface area contributed by atoms with Gasteiger partial charge in [0.15, 0.2) is 0 Å². The molecule has 1 saturated heterocycles. The molecule has 0 aromatic rings. The maximum absolute atomic E-state index is 11.4. The van der Waals surface area contributed by atoms with E-state index in [1.165, 1.54) is 0 Å². The fourth-order valence-electron chi connectivity index (χ4n) is 2.02. The van der Waals surface area contributed by atoms with Gasteiger partial charge in [0, 0.05) is 13.1 Å². The maximum Gasteiger partial charge on any atom is 0.311 e. The zero-order valence-corrected chi connectivity index (χ0v) is 9.75. The van der Waals surface area contributed by atoms with Gasteiger partial charge in [-0.2, -0.15) is 0 Å². The van der Waals surface area contributed by atoms with Crippen molar-refractivity contribution in [3.8, 4) is 0 Å². The lowest BCUT2D eigenvalue weighted by Crippen LogP contribution is -2.48. The summed E-state index contributed by atoms with van der Waals surface area (Å²) in [6.07, 6.45) is 2.08.